The van der Waals surface area contributed by atoms with E-state index in [9.17, 15) is 8.42 Å². The van der Waals surface area contributed by atoms with Gasteiger partial charge >= 0.3 is 0 Å². The van der Waals surface area contributed by atoms with Gasteiger partial charge in [0.15, 0.2) is 0 Å². The van der Waals surface area contributed by atoms with Gasteiger partial charge in [-0.15, -0.1) is 0 Å². The van der Waals surface area contributed by atoms with Crippen molar-refractivity contribution >= 4 is 10.1 Å². The molecule has 1 unspecified atom stereocenters. The van der Waals surface area contributed by atoms with Gasteiger partial charge in [0.05, 0.1) is 20.3 Å². The van der Waals surface area contributed by atoms with Crippen molar-refractivity contribution in [3.63, 3.8) is 0 Å². The summed E-state index contributed by atoms with van der Waals surface area (Å²) in [6.07, 6.45) is 12.5. The molecule has 0 spiro atoms. The van der Waals surface area contributed by atoms with Crippen molar-refractivity contribution in [2.24, 2.45) is 11.8 Å². The summed E-state index contributed by atoms with van der Waals surface area (Å²) in [5, 5.41) is 0. The van der Waals surface area contributed by atoms with Gasteiger partial charge in [0, 0.05) is 12.5 Å². The first kappa shape index (κ1) is 24.1. The van der Waals surface area contributed by atoms with Crippen molar-refractivity contribution in [2.75, 3.05) is 25.6 Å². The van der Waals surface area contributed by atoms with Gasteiger partial charge in [-0.2, -0.15) is 18.6 Å². The fraction of sp³-hybridized carbons (Fsp3) is 0.727. The largest absolute Gasteiger partial charge is 0.493 e. The maximum atomic E-state index is 11.7. The average molecular weight is 431 g/mol. The summed E-state index contributed by atoms with van der Waals surface area (Å²) in [6.45, 7) is 3.17. The second kappa shape index (κ2) is 16.6. The molecule has 1 rings (SSSR count). The number of para-hydroxylation sites is 1. The van der Waals surface area contributed by atoms with Gasteiger partial charge in [0.1, 0.15) is 5.75 Å². The molecule has 0 fully saturated rings. The zero-order valence-electron chi connectivity index (χ0n) is 18.8. The summed E-state index contributed by atoms with van der Waals surface area (Å²) in [7, 11) is -3.83. The predicted octanol–water partition coefficient (Wildman–Crippen LogP) is 4.84. The molecule has 0 radical (unpaired) electrons. The monoisotopic (exact) mass is 430 g/mol. The van der Waals surface area contributed by atoms with Gasteiger partial charge in [-0.3, -0.25) is 0 Å². The van der Waals surface area contributed by atoms with Crippen molar-refractivity contribution < 1.29 is 23.5 Å². The lowest BCUT2D eigenvalue weighted by molar-refractivity contribution is 0.0822. The van der Waals surface area contributed by atoms with Gasteiger partial charge in [0.2, 0.25) is 0 Å². The Hall–Kier alpha value is -1.15. The van der Waals surface area contributed by atoms with E-state index in [4.69, 9.17) is 16.7 Å². The molecule has 168 valence electrons. The van der Waals surface area contributed by atoms with Crippen LogP contribution in [0, 0.1) is 5.92 Å². The molecule has 7 heteroatoms. The van der Waals surface area contributed by atoms with E-state index in [0.717, 1.165) is 12.8 Å². The summed E-state index contributed by atoms with van der Waals surface area (Å²) in [5.41, 5.74) is 0. The van der Waals surface area contributed by atoms with Crippen LogP contribution in [0.25, 0.3) is 0 Å². The summed E-state index contributed by atoms with van der Waals surface area (Å²) in [4.78, 5) is 0. The van der Waals surface area contributed by atoms with Gasteiger partial charge in [-0.1, -0.05) is 82.9 Å². The SMILES string of the molecule is [2H]c1ccccc1OCC(COCCCCCCCCCCCC)CS(=O)(=O)ON. The van der Waals surface area contributed by atoms with Crippen LogP contribution in [-0.2, 0) is 19.1 Å². The number of unbranched alkanes of at least 4 members (excludes halogenated alkanes) is 9. The molecule has 0 aliphatic carbocycles. The van der Waals surface area contributed by atoms with E-state index in [0.29, 0.717) is 12.4 Å². The fourth-order valence-corrected chi connectivity index (χ4v) is 3.94. The number of ether oxygens (including phenoxy) is 2. The third kappa shape index (κ3) is 14.5. The molecule has 29 heavy (non-hydrogen) atoms. The third-order valence-electron chi connectivity index (χ3n) is 4.74. The molecule has 0 saturated carbocycles. The van der Waals surface area contributed by atoms with Crippen molar-refractivity contribution in [1.29, 1.82) is 0 Å². The van der Waals surface area contributed by atoms with E-state index in [2.05, 4.69) is 11.2 Å². The minimum Gasteiger partial charge on any atom is -0.493 e. The Morgan fingerprint density at radius 3 is 2.24 bits per heavy atom. The Bertz CT molecular complexity index is 657. The second-order valence-electron chi connectivity index (χ2n) is 7.48. The van der Waals surface area contributed by atoms with E-state index < -0.39 is 16.0 Å². The Kier molecular flexibility index (Phi) is 13.8. The lowest BCUT2D eigenvalue weighted by Gasteiger charge is -2.17. The highest BCUT2D eigenvalue weighted by Crippen LogP contribution is 2.13. The van der Waals surface area contributed by atoms with Crippen LogP contribution < -0.4 is 10.6 Å². The highest BCUT2D eigenvalue weighted by atomic mass is 32.2. The van der Waals surface area contributed by atoms with Crippen LogP contribution in [0.1, 0.15) is 72.5 Å². The Morgan fingerprint density at radius 1 is 0.966 bits per heavy atom. The lowest BCUT2D eigenvalue weighted by Crippen LogP contribution is -2.29. The number of hydrogen-bond donors (Lipinski definition) is 1. The van der Waals surface area contributed by atoms with Crippen molar-refractivity contribution in [2.45, 2.75) is 71.1 Å². The molecule has 0 aliphatic heterocycles. The van der Waals surface area contributed by atoms with Crippen LogP contribution in [0.5, 0.6) is 5.75 Å². The lowest BCUT2D eigenvalue weighted by atomic mass is 10.1. The van der Waals surface area contributed by atoms with Crippen LogP contribution in [0.2, 0.25) is 0 Å². The van der Waals surface area contributed by atoms with Gasteiger partial charge in [-0.25, -0.2) is 0 Å². The third-order valence-corrected chi connectivity index (χ3v) is 5.91. The average Bonchev–Trinajstić information content (AvgIpc) is 2.73. The molecule has 0 aromatic heterocycles. The molecular formula is C22H39NO5S. The smallest absolute Gasteiger partial charge is 0.283 e. The second-order valence-corrected chi connectivity index (χ2v) is 9.12. The van der Waals surface area contributed by atoms with Crippen LogP contribution >= 0.6 is 0 Å². The maximum Gasteiger partial charge on any atom is 0.283 e. The van der Waals surface area contributed by atoms with Crippen LogP contribution in [0.4, 0.5) is 0 Å². The molecule has 1 aromatic carbocycles. The summed E-state index contributed by atoms with van der Waals surface area (Å²) in [6, 6.07) is 7.06. The number of benzene rings is 1. The molecule has 6 nitrogen and oxygen atoms in total. The van der Waals surface area contributed by atoms with E-state index in [-0.39, 0.29) is 25.0 Å². The van der Waals surface area contributed by atoms with Crippen molar-refractivity contribution in [1.82, 2.24) is 0 Å². The molecular weight excluding hydrogens is 390 g/mol. The molecule has 2 N–H and O–H groups in total. The van der Waals surface area contributed by atoms with Crippen LogP contribution in [-0.4, -0.2) is 34.0 Å². The first-order chi connectivity index (χ1) is 14.5. The summed E-state index contributed by atoms with van der Waals surface area (Å²) < 4.78 is 46.6. The van der Waals surface area contributed by atoms with E-state index in [1.54, 1.807) is 24.3 Å². The molecule has 0 heterocycles. The van der Waals surface area contributed by atoms with Gasteiger partial charge in [0.25, 0.3) is 10.1 Å². The van der Waals surface area contributed by atoms with Gasteiger partial charge in [-0.05, 0) is 18.5 Å². The zero-order valence-corrected chi connectivity index (χ0v) is 18.6. The quantitative estimate of drug-likeness (QED) is 0.250. The Morgan fingerprint density at radius 2 is 1.62 bits per heavy atom. The van der Waals surface area contributed by atoms with E-state index >= 15 is 0 Å². The maximum absolute atomic E-state index is 11.7. The Balaban J connectivity index is 2.22. The molecule has 0 saturated heterocycles. The zero-order chi connectivity index (χ0) is 22.1. The number of hydrogen-bond acceptors (Lipinski definition) is 6. The van der Waals surface area contributed by atoms with E-state index in [1.807, 2.05) is 0 Å². The minimum atomic E-state index is -3.83. The van der Waals surface area contributed by atoms with Gasteiger partial charge < -0.3 is 9.47 Å². The highest BCUT2D eigenvalue weighted by Gasteiger charge is 2.20. The van der Waals surface area contributed by atoms with Crippen LogP contribution in [0.15, 0.2) is 30.3 Å². The molecule has 0 aliphatic rings. The minimum absolute atomic E-state index is 0.108. The van der Waals surface area contributed by atoms with E-state index in [1.165, 1.54) is 51.4 Å². The van der Waals surface area contributed by atoms with Crippen molar-refractivity contribution in [3.8, 4) is 5.75 Å². The molecule has 1 atom stereocenters. The molecule has 0 bridgehead atoms. The predicted molar refractivity (Wildman–Crippen MR) is 117 cm³/mol. The first-order valence-corrected chi connectivity index (χ1v) is 12.4. The molecule has 1 aromatic rings. The number of nitrogens with two attached hydrogens (primary N) is 1. The standard InChI is InChI=1S/C22H39NO5S/c1-2-3-4-5-6-7-8-9-10-14-17-26-18-21(20-29(24,25)28-23)19-27-22-15-12-11-13-16-22/h11-13,15-16,21H,2-10,14,17-20,23H2,1H3/i15D. The topological polar surface area (TPSA) is 87.8 Å². The fourth-order valence-electron chi connectivity index (χ4n) is 3.09. The molecule has 0 amide bonds. The Labute approximate surface area is 178 Å². The number of rotatable bonds is 19. The first-order valence-electron chi connectivity index (χ1n) is 11.4. The normalized spacial score (nSPS) is 13.2. The summed E-state index contributed by atoms with van der Waals surface area (Å²) in [5.74, 6) is 4.54. The van der Waals surface area contributed by atoms with Crippen LogP contribution in [0.3, 0.4) is 0 Å². The summed E-state index contributed by atoms with van der Waals surface area (Å²) >= 11 is 0. The highest BCUT2D eigenvalue weighted by molar-refractivity contribution is 7.86. The van der Waals surface area contributed by atoms with Crippen molar-refractivity contribution in [3.05, 3.63) is 30.3 Å².